The van der Waals surface area contributed by atoms with Gasteiger partial charge < -0.3 is 19.5 Å². The largest absolute Gasteiger partial charge is 0.497 e. The van der Waals surface area contributed by atoms with Gasteiger partial charge in [-0.15, -0.1) is 10.2 Å². The van der Waals surface area contributed by atoms with Crippen LogP contribution in [0.3, 0.4) is 0 Å². The van der Waals surface area contributed by atoms with E-state index in [1.54, 1.807) is 33.5 Å². The molecule has 0 aliphatic heterocycles. The highest BCUT2D eigenvalue weighted by Crippen LogP contribution is 2.32. The van der Waals surface area contributed by atoms with Gasteiger partial charge in [0.25, 0.3) is 0 Å². The number of thioether (sulfide) groups is 1. The summed E-state index contributed by atoms with van der Waals surface area (Å²) in [6.45, 7) is 0. The molecule has 29 heavy (non-hydrogen) atoms. The number of hydrogen-bond donors (Lipinski definition) is 1. The number of methoxy groups -OCH3 is 3. The Labute approximate surface area is 173 Å². The zero-order valence-electron chi connectivity index (χ0n) is 16.3. The lowest BCUT2D eigenvalue weighted by molar-refractivity contribution is -0.113. The van der Waals surface area contributed by atoms with Gasteiger partial charge in [0.2, 0.25) is 5.91 Å². The molecular weight excluding hydrogens is 390 g/mol. The van der Waals surface area contributed by atoms with Crippen molar-refractivity contribution >= 4 is 23.4 Å². The molecule has 0 aliphatic rings. The maximum absolute atomic E-state index is 12.2. The first-order chi connectivity index (χ1) is 14.1. The summed E-state index contributed by atoms with van der Waals surface area (Å²) in [5.74, 6) is 2.12. The molecule has 0 bridgehead atoms. The van der Waals surface area contributed by atoms with Crippen LogP contribution in [0.2, 0.25) is 0 Å². The van der Waals surface area contributed by atoms with Crippen LogP contribution >= 0.6 is 11.8 Å². The molecule has 0 unspecified atom stereocenters. The average Bonchev–Trinajstić information content (AvgIpc) is 2.77. The van der Waals surface area contributed by atoms with E-state index < -0.39 is 0 Å². The number of benzene rings is 2. The molecule has 1 aromatic heterocycles. The third kappa shape index (κ3) is 5.39. The molecule has 3 rings (SSSR count). The van der Waals surface area contributed by atoms with E-state index in [9.17, 15) is 4.79 Å². The highest BCUT2D eigenvalue weighted by molar-refractivity contribution is 7.99. The summed E-state index contributed by atoms with van der Waals surface area (Å²) < 4.78 is 15.8. The molecule has 1 N–H and O–H groups in total. The van der Waals surface area contributed by atoms with E-state index in [1.165, 1.54) is 11.8 Å². The minimum absolute atomic E-state index is 0.133. The molecule has 3 aromatic rings. The van der Waals surface area contributed by atoms with Crippen LogP contribution in [0.25, 0.3) is 11.3 Å². The summed E-state index contributed by atoms with van der Waals surface area (Å²) in [4.78, 5) is 12.2. The fourth-order valence-corrected chi connectivity index (χ4v) is 3.20. The molecule has 0 saturated heterocycles. The Morgan fingerprint density at radius 1 is 0.931 bits per heavy atom. The van der Waals surface area contributed by atoms with Gasteiger partial charge in [0.05, 0.1) is 32.8 Å². The van der Waals surface area contributed by atoms with Crippen LogP contribution in [0.5, 0.6) is 17.2 Å². The van der Waals surface area contributed by atoms with Crippen molar-refractivity contribution in [2.45, 2.75) is 5.03 Å². The van der Waals surface area contributed by atoms with Crippen molar-refractivity contribution in [3.63, 3.8) is 0 Å². The standard InChI is InChI=1S/C21H21N3O4S/c1-26-15-6-4-5-14(11-15)22-20(25)13-29-21-10-9-18(23-24-21)17-8-7-16(27-2)12-19(17)28-3/h4-12H,13H2,1-3H3,(H,22,25). The number of amides is 1. The van der Waals surface area contributed by atoms with Crippen molar-refractivity contribution in [1.82, 2.24) is 10.2 Å². The van der Waals surface area contributed by atoms with Crippen LogP contribution in [-0.4, -0.2) is 43.2 Å². The number of hydrogen-bond acceptors (Lipinski definition) is 7. The van der Waals surface area contributed by atoms with E-state index in [-0.39, 0.29) is 11.7 Å². The first-order valence-corrected chi connectivity index (χ1v) is 9.74. The Morgan fingerprint density at radius 3 is 2.41 bits per heavy atom. The van der Waals surface area contributed by atoms with Crippen molar-refractivity contribution in [3.8, 4) is 28.5 Å². The van der Waals surface area contributed by atoms with Crippen LogP contribution < -0.4 is 19.5 Å². The molecular formula is C21H21N3O4S. The van der Waals surface area contributed by atoms with Crippen LogP contribution in [0.4, 0.5) is 5.69 Å². The lowest BCUT2D eigenvalue weighted by Gasteiger charge is -2.10. The summed E-state index contributed by atoms with van der Waals surface area (Å²) in [6.07, 6.45) is 0. The molecule has 0 radical (unpaired) electrons. The summed E-state index contributed by atoms with van der Waals surface area (Å²) in [5, 5.41) is 12.0. The fourth-order valence-electron chi connectivity index (χ4n) is 2.59. The maximum atomic E-state index is 12.2. The van der Waals surface area contributed by atoms with E-state index >= 15 is 0 Å². The molecule has 1 amide bonds. The van der Waals surface area contributed by atoms with E-state index in [1.807, 2.05) is 42.5 Å². The smallest absolute Gasteiger partial charge is 0.234 e. The Hall–Kier alpha value is -3.26. The van der Waals surface area contributed by atoms with E-state index in [0.717, 1.165) is 5.56 Å². The molecule has 0 saturated carbocycles. The number of rotatable bonds is 8. The fraction of sp³-hybridized carbons (Fsp3) is 0.190. The summed E-state index contributed by atoms with van der Waals surface area (Å²) in [5.41, 5.74) is 2.17. The monoisotopic (exact) mass is 411 g/mol. The van der Waals surface area contributed by atoms with Gasteiger partial charge in [-0.2, -0.15) is 0 Å². The first-order valence-electron chi connectivity index (χ1n) is 8.75. The second-order valence-corrected chi connectivity index (χ2v) is 6.89. The van der Waals surface area contributed by atoms with Crippen molar-refractivity contribution < 1.29 is 19.0 Å². The van der Waals surface area contributed by atoms with Crippen molar-refractivity contribution in [1.29, 1.82) is 0 Å². The number of carbonyl (C=O) groups is 1. The Kier molecular flexibility index (Phi) is 6.91. The van der Waals surface area contributed by atoms with Crippen molar-refractivity contribution in [2.24, 2.45) is 0 Å². The number of ether oxygens (including phenoxy) is 3. The predicted octanol–water partition coefficient (Wildman–Crippen LogP) is 3.90. The topological polar surface area (TPSA) is 82.6 Å². The Bertz CT molecular complexity index is 980. The first kappa shape index (κ1) is 20.5. The van der Waals surface area contributed by atoms with Crippen LogP contribution in [0, 0.1) is 0 Å². The van der Waals surface area contributed by atoms with Crippen LogP contribution in [-0.2, 0) is 4.79 Å². The molecule has 8 heteroatoms. The van der Waals surface area contributed by atoms with E-state index in [0.29, 0.717) is 33.7 Å². The van der Waals surface area contributed by atoms with Gasteiger partial charge in [0.1, 0.15) is 22.3 Å². The number of carbonyl (C=O) groups excluding carboxylic acids is 1. The van der Waals surface area contributed by atoms with Gasteiger partial charge >= 0.3 is 0 Å². The summed E-state index contributed by atoms with van der Waals surface area (Å²) in [6, 6.07) is 16.4. The number of aromatic nitrogens is 2. The molecule has 1 heterocycles. The Balaban J connectivity index is 1.61. The van der Waals surface area contributed by atoms with Gasteiger partial charge in [-0.3, -0.25) is 4.79 Å². The third-order valence-corrected chi connectivity index (χ3v) is 4.95. The zero-order valence-corrected chi connectivity index (χ0v) is 17.2. The van der Waals surface area contributed by atoms with E-state index in [2.05, 4.69) is 15.5 Å². The second kappa shape index (κ2) is 9.79. The molecule has 2 aromatic carbocycles. The number of nitrogens with one attached hydrogen (secondary N) is 1. The van der Waals surface area contributed by atoms with Crippen LogP contribution in [0.1, 0.15) is 0 Å². The minimum atomic E-state index is -0.133. The molecule has 0 aliphatic carbocycles. The van der Waals surface area contributed by atoms with Gasteiger partial charge in [0, 0.05) is 23.4 Å². The highest BCUT2D eigenvalue weighted by Gasteiger charge is 2.11. The lowest BCUT2D eigenvalue weighted by Crippen LogP contribution is -2.14. The highest BCUT2D eigenvalue weighted by atomic mass is 32.2. The lowest BCUT2D eigenvalue weighted by atomic mass is 10.1. The number of nitrogens with zero attached hydrogens (tertiary/aromatic N) is 2. The second-order valence-electron chi connectivity index (χ2n) is 5.89. The summed E-state index contributed by atoms with van der Waals surface area (Å²) >= 11 is 1.31. The molecule has 0 fully saturated rings. The predicted molar refractivity (Wildman–Crippen MR) is 113 cm³/mol. The van der Waals surface area contributed by atoms with Gasteiger partial charge in [-0.25, -0.2) is 0 Å². The Morgan fingerprint density at radius 2 is 1.72 bits per heavy atom. The SMILES string of the molecule is COc1cccc(NC(=O)CSc2ccc(-c3ccc(OC)cc3OC)nn2)c1. The average molecular weight is 411 g/mol. The molecule has 150 valence electrons. The van der Waals surface area contributed by atoms with Gasteiger partial charge in [0.15, 0.2) is 0 Å². The zero-order chi connectivity index (χ0) is 20.6. The quantitative estimate of drug-likeness (QED) is 0.563. The molecule has 7 nitrogen and oxygen atoms in total. The van der Waals surface area contributed by atoms with Gasteiger partial charge in [-0.1, -0.05) is 17.8 Å². The maximum Gasteiger partial charge on any atom is 0.234 e. The summed E-state index contributed by atoms with van der Waals surface area (Å²) in [7, 11) is 4.78. The van der Waals surface area contributed by atoms with Crippen molar-refractivity contribution in [3.05, 3.63) is 54.6 Å². The molecule has 0 spiro atoms. The minimum Gasteiger partial charge on any atom is -0.497 e. The van der Waals surface area contributed by atoms with E-state index in [4.69, 9.17) is 14.2 Å². The number of anilines is 1. The third-order valence-electron chi connectivity index (χ3n) is 4.03. The molecule has 0 atom stereocenters. The van der Waals surface area contributed by atoms with Crippen molar-refractivity contribution in [2.75, 3.05) is 32.4 Å². The normalized spacial score (nSPS) is 10.3. The van der Waals surface area contributed by atoms with Gasteiger partial charge in [-0.05, 0) is 36.4 Å². The van der Waals surface area contributed by atoms with Crippen LogP contribution in [0.15, 0.2) is 59.6 Å².